The minimum Gasteiger partial charge on any atom is -0.462 e. The molecule has 0 radical (unpaired) electrons. The summed E-state index contributed by atoms with van der Waals surface area (Å²) in [6, 6.07) is 6.85. The number of carbonyl (C=O) groups is 2. The van der Waals surface area contributed by atoms with Crippen molar-refractivity contribution in [3.05, 3.63) is 29.8 Å². The van der Waals surface area contributed by atoms with Gasteiger partial charge in [0.05, 0.1) is 12.2 Å². The van der Waals surface area contributed by atoms with Crippen molar-refractivity contribution >= 4 is 17.6 Å². The maximum absolute atomic E-state index is 12.3. The monoisotopic (exact) mass is 291 g/mol. The van der Waals surface area contributed by atoms with E-state index in [4.69, 9.17) is 4.74 Å². The minimum atomic E-state index is -0.372. The van der Waals surface area contributed by atoms with E-state index in [1.807, 2.05) is 6.92 Å². The molecule has 116 valence electrons. The normalized spacial score (nSPS) is 12.0. The van der Waals surface area contributed by atoms with Gasteiger partial charge < -0.3 is 10.1 Å². The molecule has 0 aliphatic rings. The molecule has 4 nitrogen and oxygen atoms in total. The second kappa shape index (κ2) is 8.45. The number of nitrogens with one attached hydrogen (secondary N) is 1. The first-order valence-electron chi connectivity index (χ1n) is 7.55. The number of hydrogen-bond donors (Lipinski definition) is 1. The van der Waals surface area contributed by atoms with Gasteiger partial charge in [0.2, 0.25) is 5.91 Å². The highest BCUT2D eigenvalue weighted by atomic mass is 16.5. The van der Waals surface area contributed by atoms with Crippen LogP contribution in [0, 0.1) is 11.8 Å². The average Bonchev–Trinajstić information content (AvgIpc) is 2.45. The first-order valence-corrected chi connectivity index (χ1v) is 7.55. The first-order chi connectivity index (χ1) is 9.97. The van der Waals surface area contributed by atoms with Crippen LogP contribution in [-0.2, 0) is 9.53 Å². The number of amides is 1. The van der Waals surface area contributed by atoms with Crippen LogP contribution in [-0.4, -0.2) is 18.5 Å². The summed E-state index contributed by atoms with van der Waals surface area (Å²) in [5, 5.41) is 2.89. The number of hydrogen-bond acceptors (Lipinski definition) is 3. The van der Waals surface area contributed by atoms with Crippen molar-refractivity contribution in [3.63, 3.8) is 0 Å². The first kappa shape index (κ1) is 17.2. The molecule has 0 heterocycles. The largest absolute Gasteiger partial charge is 0.462 e. The van der Waals surface area contributed by atoms with Crippen LogP contribution in [0.3, 0.4) is 0 Å². The number of ether oxygens (including phenoxy) is 1. The Labute approximate surface area is 126 Å². The van der Waals surface area contributed by atoms with Gasteiger partial charge in [-0.1, -0.05) is 26.8 Å². The Morgan fingerprint density at radius 3 is 2.52 bits per heavy atom. The lowest BCUT2D eigenvalue weighted by molar-refractivity contribution is -0.120. The van der Waals surface area contributed by atoms with Crippen LogP contribution in [0.2, 0.25) is 0 Å². The van der Waals surface area contributed by atoms with E-state index in [-0.39, 0.29) is 17.8 Å². The van der Waals surface area contributed by atoms with E-state index in [9.17, 15) is 9.59 Å². The van der Waals surface area contributed by atoms with Gasteiger partial charge in [0, 0.05) is 11.6 Å². The van der Waals surface area contributed by atoms with Gasteiger partial charge in [-0.05, 0) is 43.9 Å². The quantitative estimate of drug-likeness (QED) is 0.776. The second-order valence-electron chi connectivity index (χ2n) is 5.53. The Morgan fingerprint density at radius 1 is 1.24 bits per heavy atom. The van der Waals surface area contributed by atoms with Gasteiger partial charge >= 0.3 is 5.97 Å². The molecule has 21 heavy (non-hydrogen) atoms. The summed E-state index contributed by atoms with van der Waals surface area (Å²) in [5.74, 6) is 0.109. The third-order valence-corrected chi connectivity index (χ3v) is 3.26. The molecule has 1 aromatic rings. The van der Waals surface area contributed by atoms with Crippen LogP contribution in [0.15, 0.2) is 24.3 Å². The zero-order valence-electron chi connectivity index (χ0n) is 13.3. The van der Waals surface area contributed by atoms with Crippen LogP contribution >= 0.6 is 0 Å². The van der Waals surface area contributed by atoms with Crippen molar-refractivity contribution in [1.82, 2.24) is 0 Å². The molecule has 0 aliphatic heterocycles. The molecule has 1 amide bonds. The van der Waals surface area contributed by atoms with E-state index in [1.54, 1.807) is 31.2 Å². The summed E-state index contributed by atoms with van der Waals surface area (Å²) in [4.78, 5) is 23.9. The molecule has 0 saturated carbocycles. The Kier molecular flexibility index (Phi) is 6.92. The van der Waals surface area contributed by atoms with Gasteiger partial charge in [-0.25, -0.2) is 4.79 Å². The number of carbonyl (C=O) groups excluding carboxylic acids is 2. The molecule has 1 aromatic carbocycles. The molecule has 1 unspecified atom stereocenters. The van der Waals surface area contributed by atoms with Gasteiger partial charge in [0.1, 0.15) is 0 Å². The fourth-order valence-corrected chi connectivity index (χ4v) is 2.21. The number of anilines is 1. The van der Waals surface area contributed by atoms with E-state index >= 15 is 0 Å². The molecule has 1 rings (SSSR count). The van der Waals surface area contributed by atoms with E-state index < -0.39 is 0 Å². The molecular weight excluding hydrogens is 266 g/mol. The summed E-state index contributed by atoms with van der Waals surface area (Å²) >= 11 is 0. The van der Waals surface area contributed by atoms with Gasteiger partial charge in [-0.15, -0.1) is 0 Å². The summed E-state index contributed by atoms with van der Waals surface area (Å²) in [7, 11) is 0. The Bertz CT molecular complexity index is 483. The van der Waals surface area contributed by atoms with Crippen LogP contribution in [0.1, 0.15) is 50.9 Å². The number of esters is 1. The maximum atomic E-state index is 12.3. The predicted octanol–water partition coefficient (Wildman–Crippen LogP) is 3.87. The van der Waals surface area contributed by atoms with Crippen LogP contribution in [0.5, 0.6) is 0 Å². The van der Waals surface area contributed by atoms with Crippen molar-refractivity contribution in [2.24, 2.45) is 11.8 Å². The zero-order valence-corrected chi connectivity index (χ0v) is 13.3. The highest BCUT2D eigenvalue weighted by molar-refractivity contribution is 5.95. The van der Waals surface area contributed by atoms with Crippen molar-refractivity contribution < 1.29 is 14.3 Å². The van der Waals surface area contributed by atoms with E-state index in [1.165, 1.54) is 0 Å². The zero-order chi connectivity index (χ0) is 15.8. The van der Waals surface area contributed by atoms with Gasteiger partial charge in [0.15, 0.2) is 0 Å². The smallest absolute Gasteiger partial charge is 0.338 e. The van der Waals surface area contributed by atoms with Crippen molar-refractivity contribution in [3.8, 4) is 0 Å². The summed E-state index contributed by atoms with van der Waals surface area (Å²) in [5.41, 5.74) is 1.08. The summed E-state index contributed by atoms with van der Waals surface area (Å²) in [6.07, 6.45) is 1.67. The van der Waals surface area contributed by atoms with Gasteiger partial charge in [0.25, 0.3) is 0 Å². The van der Waals surface area contributed by atoms with Crippen molar-refractivity contribution in [1.29, 1.82) is 0 Å². The van der Waals surface area contributed by atoms with Gasteiger partial charge in [-0.3, -0.25) is 4.79 Å². The SMILES string of the molecule is CCOC(=O)c1cccc(NC(=O)C(CC)CC(C)C)c1. The number of rotatable bonds is 7. The fourth-order valence-electron chi connectivity index (χ4n) is 2.21. The van der Waals surface area contributed by atoms with Crippen LogP contribution in [0.4, 0.5) is 5.69 Å². The lowest BCUT2D eigenvalue weighted by atomic mass is 9.94. The molecule has 0 aromatic heterocycles. The lowest BCUT2D eigenvalue weighted by Crippen LogP contribution is -2.23. The third kappa shape index (κ3) is 5.58. The van der Waals surface area contributed by atoms with E-state index in [0.717, 1.165) is 12.8 Å². The van der Waals surface area contributed by atoms with Gasteiger partial charge in [-0.2, -0.15) is 0 Å². The summed E-state index contributed by atoms with van der Waals surface area (Å²) in [6.45, 7) is 8.33. The fraction of sp³-hybridized carbons (Fsp3) is 0.529. The Balaban J connectivity index is 2.76. The molecule has 1 N–H and O–H groups in total. The van der Waals surface area contributed by atoms with E-state index in [2.05, 4.69) is 19.2 Å². The lowest BCUT2D eigenvalue weighted by Gasteiger charge is -2.17. The van der Waals surface area contributed by atoms with Crippen LogP contribution < -0.4 is 5.32 Å². The molecule has 0 saturated heterocycles. The highest BCUT2D eigenvalue weighted by Gasteiger charge is 2.18. The summed E-state index contributed by atoms with van der Waals surface area (Å²) < 4.78 is 4.96. The molecule has 0 fully saturated rings. The second-order valence-corrected chi connectivity index (χ2v) is 5.53. The molecule has 0 aliphatic carbocycles. The maximum Gasteiger partial charge on any atom is 0.338 e. The van der Waals surface area contributed by atoms with E-state index in [0.29, 0.717) is 23.8 Å². The average molecular weight is 291 g/mol. The highest BCUT2D eigenvalue weighted by Crippen LogP contribution is 2.19. The number of benzene rings is 1. The molecule has 0 spiro atoms. The van der Waals surface area contributed by atoms with Crippen LogP contribution in [0.25, 0.3) is 0 Å². The third-order valence-electron chi connectivity index (χ3n) is 3.26. The molecular formula is C17H25NO3. The molecule has 0 bridgehead atoms. The topological polar surface area (TPSA) is 55.4 Å². The van der Waals surface area contributed by atoms with Crippen molar-refractivity contribution in [2.75, 3.05) is 11.9 Å². The predicted molar refractivity (Wildman–Crippen MR) is 84.3 cm³/mol. The minimum absolute atomic E-state index is 0.00347. The Hall–Kier alpha value is -1.84. The van der Waals surface area contributed by atoms with Crippen molar-refractivity contribution in [2.45, 2.75) is 40.5 Å². The molecule has 4 heteroatoms. The Morgan fingerprint density at radius 2 is 1.95 bits per heavy atom. The standard InChI is InChI=1S/C17H25NO3/c1-5-13(10-12(3)4)16(19)18-15-9-7-8-14(11-15)17(20)21-6-2/h7-9,11-13H,5-6,10H2,1-4H3,(H,18,19). The molecule has 1 atom stereocenters.